The Kier molecular flexibility index (Phi) is 6.97. The molecular formula is C19H19Cl2N3O5S. The normalized spacial score (nSPS) is 15.4. The van der Waals surface area contributed by atoms with E-state index in [-0.39, 0.29) is 31.9 Å². The molecule has 0 aromatic heterocycles. The smallest absolute Gasteiger partial charge is 0.289 e. The number of rotatable bonds is 5. The molecule has 0 radical (unpaired) electrons. The molecule has 1 amide bonds. The van der Waals surface area contributed by atoms with Crippen LogP contribution in [0.4, 0.5) is 11.4 Å². The Balaban J connectivity index is 1.88. The van der Waals surface area contributed by atoms with Crippen LogP contribution in [0.2, 0.25) is 10.0 Å². The van der Waals surface area contributed by atoms with Gasteiger partial charge in [0.05, 0.1) is 9.95 Å². The number of sulfonamides is 1. The van der Waals surface area contributed by atoms with Crippen molar-refractivity contribution in [3.8, 4) is 0 Å². The third-order valence-electron chi connectivity index (χ3n) is 4.78. The molecule has 2 aromatic carbocycles. The average molecular weight is 472 g/mol. The van der Waals surface area contributed by atoms with Gasteiger partial charge in [0, 0.05) is 30.4 Å². The number of nitro groups is 1. The molecule has 0 atom stereocenters. The molecule has 160 valence electrons. The minimum absolute atomic E-state index is 0.0259. The largest absolute Gasteiger partial charge is 0.322 e. The van der Waals surface area contributed by atoms with Crippen LogP contribution >= 0.6 is 23.2 Å². The molecule has 2 aromatic rings. The van der Waals surface area contributed by atoms with Crippen LogP contribution in [0.3, 0.4) is 0 Å². The molecule has 8 nitrogen and oxygen atoms in total. The number of halogens is 2. The van der Waals surface area contributed by atoms with Crippen molar-refractivity contribution >= 4 is 50.5 Å². The Hall–Kier alpha value is -2.20. The average Bonchev–Trinajstić information content (AvgIpc) is 2.99. The van der Waals surface area contributed by atoms with Crippen molar-refractivity contribution in [1.82, 2.24) is 4.31 Å². The Morgan fingerprint density at radius 3 is 2.27 bits per heavy atom. The number of nitrogens with zero attached hydrogens (tertiary/aromatic N) is 2. The Morgan fingerprint density at radius 1 is 1.00 bits per heavy atom. The highest BCUT2D eigenvalue weighted by atomic mass is 35.5. The van der Waals surface area contributed by atoms with Gasteiger partial charge in [-0.2, -0.15) is 4.31 Å². The standard InChI is InChI=1S/C19H19Cl2N3O5S/c20-15-8-6-14(12-17(15)24(26)27)22-19(25)13-5-7-16(21)18(11-13)30(28,29)23-9-3-1-2-4-10-23/h5-8,11-12H,1-4,9-10H2,(H,22,25). The lowest BCUT2D eigenvalue weighted by Gasteiger charge is -2.21. The lowest BCUT2D eigenvalue weighted by molar-refractivity contribution is -0.384. The molecule has 3 rings (SSSR count). The first kappa shape index (κ1) is 22.5. The fraction of sp³-hybridized carbons (Fsp3) is 0.316. The molecule has 30 heavy (non-hydrogen) atoms. The van der Waals surface area contributed by atoms with E-state index in [4.69, 9.17) is 23.2 Å². The van der Waals surface area contributed by atoms with E-state index in [1.807, 2.05) is 0 Å². The molecule has 0 bridgehead atoms. The summed E-state index contributed by atoms with van der Waals surface area (Å²) in [7, 11) is -3.85. The zero-order valence-corrected chi connectivity index (χ0v) is 18.1. The van der Waals surface area contributed by atoms with Gasteiger partial charge in [0.15, 0.2) is 0 Å². The van der Waals surface area contributed by atoms with Gasteiger partial charge in [-0.15, -0.1) is 0 Å². The summed E-state index contributed by atoms with van der Waals surface area (Å²) < 4.78 is 27.5. The van der Waals surface area contributed by atoms with E-state index < -0.39 is 20.9 Å². The van der Waals surface area contributed by atoms with E-state index in [1.165, 1.54) is 34.6 Å². The van der Waals surface area contributed by atoms with E-state index in [0.29, 0.717) is 13.1 Å². The van der Waals surface area contributed by atoms with Crippen LogP contribution in [0.5, 0.6) is 0 Å². The van der Waals surface area contributed by atoms with Crippen LogP contribution < -0.4 is 5.32 Å². The lowest BCUT2D eigenvalue weighted by Crippen LogP contribution is -2.32. The fourth-order valence-electron chi connectivity index (χ4n) is 3.20. The van der Waals surface area contributed by atoms with E-state index in [2.05, 4.69) is 5.32 Å². The predicted molar refractivity (Wildman–Crippen MR) is 115 cm³/mol. The first-order valence-electron chi connectivity index (χ1n) is 9.25. The Labute approximate surface area is 184 Å². The number of amides is 1. The summed E-state index contributed by atoms with van der Waals surface area (Å²) >= 11 is 11.9. The number of nitrogens with one attached hydrogen (secondary N) is 1. The van der Waals surface area contributed by atoms with E-state index >= 15 is 0 Å². The Bertz CT molecular complexity index is 1080. The number of hydrogen-bond acceptors (Lipinski definition) is 5. The van der Waals surface area contributed by atoms with Crippen molar-refractivity contribution in [2.45, 2.75) is 30.6 Å². The number of carbonyl (C=O) groups is 1. The Morgan fingerprint density at radius 2 is 1.63 bits per heavy atom. The summed E-state index contributed by atoms with van der Waals surface area (Å²) in [4.78, 5) is 22.9. The number of benzene rings is 2. The van der Waals surface area contributed by atoms with E-state index in [9.17, 15) is 23.3 Å². The van der Waals surface area contributed by atoms with Gasteiger partial charge in [-0.05, 0) is 43.2 Å². The molecule has 0 unspecified atom stereocenters. The highest BCUT2D eigenvalue weighted by molar-refractivity contribution is 7.89. The zero-order chi connectivity index (χ0) is 21.9. The third kappa shape index (κ3) is 4.92. The molecule has 1 aliphatic heterocycles. The molecule has 1 fully saturated rings. The second kappa shape index (κ2) is 9.30. The highest BCUT2D eigenvalue weighted by Gasteiger charge is 2.28. The predicted octanol–water partition coefficient (Wildman–Crippen LogP) is 4.72. The molecular weight excluding hydrogens is 453 g/mol. The van der Waals surface area contributed by atoms with Crippen molar-refractivity contribution < 1.29 is 18.1 Å². The molecule has 1 N–H and O–H groups in total. The molecule has 0 spiro atoms. The minimum Gasteiger partial charge on any atom is -0.322 e. The number of nitro benzene ring substituents is 1. The second-order valence-electron chi connectivity index (χ2n) is 6.84. The molecule has 1 saturated heterocycles. The maximum atomic E-state index is 13.1. The van der Waals surface area contributed by atoms with Gasteiger partial charge >= 0.3 is 0 Å². The number of hydrogen-bond donors (Lipinski definition) is 1. The first-order chi connectivity index (χ1) is 14.2. The van der Waals surface area contributed by atoms with Crippen LogP contribution in [0.15, 0.2) is 41.3 Å². The summed E-state index contributed by atoms with van der Waals surface area (Å²) in [6.07, 6.45) is 3.48. The maximum Gasteiger partial charge on any atom is 0.289 e. The maximum absolute atomic E-state index is 13.1. The van der Waals surface area contributed by atoms with Crippen LogP contribution in [0.25, 0.3) is 0 Å². The summed E-state index contributed by atoms with van der Waals surface area (Å²) in [5, 5.41) is 13.5. The van der Waals surface area contributed by atoms with Gasteiger partial charge in [0.25, 0.3) is 11.6 Å². The SMILES string of the molecule is O=C(Nc1ccc(Cl)c([N+](=O)[O-])c1)c1ccc(Cl)c(S(=O)(=O)N2CCCCCC2)c1. The molecule has 11 heteroatoms. The van der Waals surface area contributed by atoms with Crippen LogP contribution in [-0.2, 0) is 10.0 Å². The van der Waals surface area contributed by atoms with Gasteiger partial charge in [-0.1, -0.05) is 36.0 Å². The van der Waals surface area contributed by atoms with E-state index in [1.54, 1.807) is 0 Å². The zero-order valence-electron chi connectivity index (χ0n) is 15.8. The van der Waals surface area contributed by atoms with Gasteiger partial charge in [0.2, 0.25) is 10.0 Å². The second-order valence-corrected chi connectivity index (χ2v) is 9.56. The van der Waals surface area contributed by atoms with Gasteiger partial charge < -0.3 is 5.32 Å². The molecule has 0 saturated carbocycles. The third-order valence-corrected chi connectivity index (χ3v) is 7.48. The molecule has 1 heterocycles. The van der Waals surface area contributed by atoms with Crippen LogP contribution in [0.1, 0.15) is 36.0 Å². The van der Waals surface area contributed by atoms with Crippen molar-refractivity contribution in [2.75, 3.05) is 18.4 Å². The van der Waals surface area contributed by atoms with Crippen molar-refractivity contribution in [3.05, 3.63) is 62.1 Å². The quantitative estimate of drug-likeness (QED) is 0.500. The molecule has 1 aliphatic rings. The van der Waals surface area contributed by atoms with Crippen molar-refractivity contribution in [2.24, 2.45) is 0 Å². The first-order valence-corrected chi connectivity index (χ1v) is 11.4. The molecule has 0 aliphatic carbocycles. The van der Waals surface area contributed by atoms with Crippen LogP contribution in [-0.4, -0.2) is 36.6 Å². The fourth-order valence-corrected chi connectivity index (χ4v) is 5.40. The summed E-state index contributed by atoms with van der Waals surface area (Å²) in [6, 6.07) is 7.81. The van der Waals surface area contributed by atoms with Crippen molar-refractivity contribution in [3.63, 3.8) is 0 Å². The minimum atomic E-state index is -3.85. The summed E-state index contributed by atoms with van der Waals surface area (Å²) in [5.74, 6) is -0.629. The van der Waals surface area contributed by atoms with Crippen LogP contribution in [0, 0.1) is 10.1 Å². The van der Waals surface area contributed by atoms with E-state index in [0.717, 1.165) is 31.7 Å². The summed E-state index contributed by atoms with van der Waals surface area (Å²) in [6.45, 7) is 0.813. The topological polar surface area (TPSA) is 110 Å². The highest BCUT2D eigenvalue weighted by Crippen LogP contribution is 2.30. The van der Waals surface area contributed by atoms with Gasteiger partial charge in [0.1, 0.15) is 9.92 Å². The van der Waals surface area contributed by atoms with Gasteiger partial charge in [-0.3, -0.25) is 14.9 Å². The van der Waals surface area contributed by atoms with Crippen molar-refractivity contribution in [1.29, 1.82) is 0 Å². The number of carbonyl (C=O) groups excluding carboxylic acids is 1. The monoisotopic (exact) mass is 471 g/mol. The van der Waals surface area contributed by atoms with Gasteiger partial charge in [-0.25, -0.2) is 8.42 Å². The number of anilines is 1. The summed E-state index contributed by atoms with van der Waals surface area (Å²) in [5.41, 5.74) is -0.136. The lowest BCUT2D eigenvalue weighted by atomic mass is 10.2.